The Bertz CT molecular complexity index is 1420. The van der Waals surface area contributed by atoms with E-state index in [2.05, 4.69) is 6.07 Å². The summed E-state index contributed by atoms with van der Waals surface area (Å²) in [4.78, 5) is 27.4. The number of likely N-dealkylation sites (tertiary alicyclic amines) is 1. The quantitative estimate of drug-likeness (QED) is 0.298. The predicted octanol–water partition coefficient (Wildman–Crippen LogP) is 6.85. The normalized spacial score (nSPS) is 15.0. The van der Waals surface area contributed by atoms with E-state index in [1.807, 2.05) is 6.92 Å². The van der Waals surface area contributed by atoms with Crippen LogP contribution in [0.5, 0.6) is 11.5 Å². The van der Waals surface area contributed by atoms with E-state index in [1.165, 1.54) is 18.2 Å². The molecule has 1 saturated heterocycles. The minimum Gasteiger partial charge on any atom is -0.461 e. The first-order valence-electron chi connectivity index (χ1n) is 13.0. The van der Waals surface area contributed by atoms with E-state index in [9.17, 15) is 23.6 Å². The van der Waals surface area contributed by atoms with Crippen molar-refractivity contribution in [3.63, 3.8) is 0 Å². The van der Waals surface area contributed by atoms with Crippen LogP contribution in [0.1, 0.15) is 62.6 Å². The fourth-order valence-electron chi connectivity index (χ4n) is 4.48. The zero-order valence-electron chi connectivity index (χ0n) is 22.9. The Morgan fingerprint density at radius 1 is 1.10 bits per heavy atom. The van der Waals surface area contributed by atoms with Gasteiger partial charge in [-0.15, -0.1) is 0 Å². The van der Waals surface area contributed by atoms with Gasteiger partial charge >= 0.3 is 12.1 Å². The summed E-state index contributed by atoms with van der Waals surface area (Å²) >= 11 is 0. The number of para-hydroxylation sites is 1. The maximum Gasteiger partial charge on any atom is 0.410 e. The van der Waals surface area contributed by atoms with E-state index in [0.29, 0.717) is 37.1 Å². The van der Waals surface area contributed by atoms with Crippen LogP contribution in [0.15, 0.2) is 48.7 Å². The van der Waals surface area contributed by atoms with E-state index in [0.717, 1.165) is 12.1 Å². The average molecular weight is 552 g/mol. The fraction of sp³-hybridized carbons (Fsp3) is 0.367. The second-order valence-corrected chi connectivity index (χ2v) is 10.5. The molecule has 1 atom stereocenters. The summed E-state index contributed by atoms with van der Waals surface area (Å²) in [6, 6.07) is 11.6. The molecule has 0 saturated carbocycles. The molecular formula is C30H31F2N3O5. The van der Waals surface area contributed by atoms with E-state index in [-0.39, 0.29) is 29.7 Å². The highest BCUT2D eigenvalue weighted by atomic mass is 19.1. The molecule has 4 rings (SSSR count). The van der Waals surface area contributed by atoms with Crippen LogP contribution in [0.25, 0.3) is 11.1 Å². The van der Waals surface area contributed by atoms with Crippen molar-refractivity contribution in [2.75, 3.05) is 19.7 Å². The molecule has 0 bridgehead atoms. The van der Waals surface area contributed by atoms with Crippen molar-refractivity contribution in [1.29, 1.82) is 5.26 Å². The number of ether oxygens (including phenoxy) is 3. The van der Waals surface area contributed by atoms with Crippen LogP contribution in [-0.2, 0) is 9.47 Å². The molecule has 1 amide bonds. The van der Waals surface area contributed by atoms with Crippen molar-refractivity contribution < 1.29 is 32.6 Å². The fourth-order valence-corrected chi connectivity index (χ4v) is 4.48. The second kappa shape index (κ2) is 11.8. The Hall–Kier alpha value is -4.39. The molecule has 1 aromatic heterocycles. The Morgan fingerprint density at radius 2 is 1.77 bits per heavy atom. The van der Waals surface area contributed by atoms with E-state index in [4.69, 9.17) is 14.2 Å². The molecule has 2 aromatic carbocycles. The van der Waals surface area contributed by atoms with Gasteiger partial charge in [-0.05, 0) is 63.4 Å². The van der Waals surface area contributed by atoms with Crippen LogP contribution in [-0.4, -0.2) is 46.8 Å². The van der Waals surface area contributed by atoms with Crippen LogP contribution in [0.4, 0.5) is 13.6 Å². The number of nitriles is 1. The van der Waals surface area contributed by atoms with Crippen molar-refractivity contribution in [1.82, 2.24) is 9.47 Å². The standard InChI is InChI=1S/C30H31F2N3O5/c1-5-15-38-28(36)26-22(16-33)23(18-35(26)20-13-14-34(17-20)29(37)40-30(2,3)4)19-9-11-21(12-10-19)39-27-24(31)7-6-8-25(27)32/h6-12,18,20H,5,13-15,17H2,1-4H3/t20-/m1/s1. The molecule has 3 aromatic rings. The molecule has 8 nitrogen and oxygen atoms in total. The molecule has 40 heavy (non-hydrogen) atoms. The lowest BCUT2D eigenvalue weighted by Gasteiger charge is -2.24. The predicted molar refractivity (Wildman–Crippen MR) is 143 cm³/mol. The average Bonchev–Trinajstić information content (AvgIpc) is 3.54. The third kappa shape index (κ3) is 6.25. The molecule has 2 heterocycles. The number of carbonyl (C=O) groups is 2. The summed E-state index contributed by atoms with van der Waals surface area (Å²) in [6.45, 7) is 8.16. The molecule has 0 unspecified atom stereocenters. The van der Waals surface area contributed by atoms with Crippen molar-refractivity contribution in [3.05, 3.63) is 71.6 Å². The molecule has 1 fully saturated rings. The van der Waals surface area contributed by atoms with Gasteiger partial charge in [-0.2, -0.15) is 5.26 Å². The number of carbonyl (C=O) groups excluding carboxylic acids is 2. The zero-order chi connectivity index (χ0) is 29.0. The lowest BCUT2D eigenvalue weighted by molar-refractivity contribution is 0.0289. The first-order chi connectivity index (χ1) is 19.0. The lowest BCUT2D eigenvalue weighted by atomic mass is 10.0. The summed E-state index contributed by atoms with van der Waals surface area (Å²) in [6.07, 6.45) is 2.42. The van der Waals surface area contributed by atoms with Crippen LogP contribution in [0.2, 0.25) is 0 Å². The SMILES string of the molecule is CCCOC(=O)c1c(C#N)c(-c2ccc(Oc3c(F)cccc3F)cc2)cn1[C@@H]1CCN(C(=O)OC(C)(C)C)C1. The molecule has 0 aliphatic carbocycles. The number of amides is 1. The minimum absolute atomic E-state index is 0.107. The largest absolute Gasteiger partial charge is 0.461 e. The zero-order valence-corrected chi connectivity index (χ0v) is 22.9. The van der Waals surface area contributed by atoms with Crippen molar-refractivity contribution in [2.45, 2.75) is 52.2 Å². The maximum atomic E-state index is 14.0. The third-order valence-electron chi connectivity index (χ3n) is 6.29. The number of nitrogens with zero attached hydrogens (tertiary/aromatic N) is 3. The number of halogens is 2. The molecule has 10 heteroatoms. The number of benzene rings is 2. The Labute approximate surface area is 231 Å². The van der Waals surface area contributed by atoms with Gasteiger partial charge in [-0.25, -0.2) is 18.4 Å². The highest BCUT2D eigenvalue weighted by Gasteiger charge is 2.34. The van der Waals surface area contributed by atoms with Crippen LogP contribution in [0, 0.1) is 23.0 Å². The summed E-state index contributed by atoms with van der Waals surface area (Å²) in [7, 11) is 0. The van der Waals surface area contributed by atoms with Gasteiger partial charge in [-0.1, -0.05) is 25.1 Å². The molecular weight excluding hydrogens is 520 g/mol. The van der Waals surface area contributed by atoms with Crippen LogP contribution >= 0.6 is 0 Å². The van der Waals surface area contributed by atoms with Gasteiger partial charge in [0, 0.05) is 24.8 Å². The van der Waals surface area contributed by atoms with Crippen molar-refractivity contribution in [3.8, 4) is 28.7 Å². The van der Waals surface area contributed by atoms with Crippen molar-refractivity contribution in [2.24, 2.45) is 0 Å². The number of rotatable bonds is 7. The molecule has 1 aliphatic rings. The second-order valence-electron chi connectivity index (χ2n) is 10.5. The van der Waals surface area contributed by atoms with Crippen LogP contribution in [0.3, 0.4) is 0 Å². The summed E-state index contributed by atoms with van der Waals surface area (Å²) in [5.74, 6) is -2.62. The van der Waals surface area contributed by atoms with Gasteiger partial charge in [-0.3, -0.25) is 0 Å². The third-order valence-corrected chi connectivity index (χ3v) is 6.29. The lowest BCUT2D eigenvalue weighted by Crippen LogP contribution is -2.35. The Morgan fingerprint density at radius 3 is 2.38 bits per heavy atom. The van der Waals surface area contributed by atoms with Gasteiger partial charge in [0.2, 0.25) is 0 Å². The number of aromatic nitrogens is 1. The number of hydrogen-bond acceptors (Lipinski definition) is 6. The van der Waals surface area contributed by atoms with E-state index in [1.54, 1.807) is 48.6 Å². The Kier molecular flexibility index (Phi) is 8.43. The van der Waals surface area contributed by atoms with Gasteiger partial charge in [0.25, 0.3) is 0 Å². The molecule has 0 spiro atoms. The van der Waals surface area contributed by atoms with Gasteiger partial charge in [0.15, 0.2) is 17.4 Å². The van der Waals surface area contributed by atoms with E-state index < -0.39 is 35.0 Å². The van der Waals surface area contributed by atoms with Gasteiger partial charge in [0.1, 0.15) is 23.1 Å². The molecule has 210 valence electrons. The van der Waals surface area contributed by atoms with Gasteiger partial charge in [0.05, 0.1) is 18.2 Å². The first-order valence-corrected chi connectivity index (χ1v) is 13.0. The first kappa shape index (κ1) is 28.6. The highest BCUT2D eigenvalue weighted by Crippen LogP contribution is 2.35. The van der Waals surface area contributed by atoms with E-state index >= 15 is 0 Å². The summed E-state index contributed by atoms with van der Waals surface area (Å²) in [5, 5.41) is 10.1. The Balaban J connectivity index is 1.67. The summed E-state index contributed by atoms with van der Waals surface area (Å²) < 4.78 is 46.1. The number of hydrogen-bond donors (Lipinski definition) is 0. The highest BCUT2D eigenvalue weighted by molar-refractivity contribution is 5.94. The van der Waals surface area contributed by atoms with Crippen LogP contribution < -0.4 is 4.74 Å². The minimum atomic E-state index is -0.833. The maximum absolute atomic E-state index is 14.0. The summed E-state index contributed by atoms with van der Waals surface area (Å²) in [5.41, 5.74) is 0.655. The van der Waals surface area contributed by atoms with Crippen molar-refractivity contribution >= 4 is 12.1 Å². The van der Waals surface area contributed by atoms with Gasteiger partial charge < -0.3 is 23.7 Å². The molecule has 0 radical (unpaired) electrons. The topological polar surface area (TPSA) is 93.8 Å². The molecule has 0 N–H and O–H groups in total. The molecule has 1 aliphatic heterocycles. The monoisotopic (exact) mass is 551 g/mol. The number of esters is 1. The smallest absolute Gasteiger partial charge is 0.410 e.